The van der Waals surface area contributed by atoms with Crippen LogP contribution in [0.5, 0.6) is 0 Å². The second kappa shape index (κ2) is 22.2. The summed E-state index contributed by atoms with van der Waals surface area (Å²) in [6.45, 7) is 5.86. The van der Waals surface area contributed by atoms with Crippen LogP contribution in [-0.4, -0.2) is 95.4 Å². The monoisotopic (exact) mass is 930 g/mol. The molecule has 2 aliphatic rings. The summed E-state index contributed by atoms with van der Waals surface area (Å²) >= 11 is 0. The standard InChI is InChI=1S/2C24H27N5O5/c2*1-3-34-20(31)13-18(15-7-5-4-6-8-15)27-19(30)14-29-22(32)24(2,28-23(29)33)17-11-9-16(10-12-17)21(25)26/h2*4-12,18H,3,13-14H2,1-2H3,(H3,25,26)(H,27,30)(H,28,33). The first-order valence-electron chi connectivity index (χ1n) is 21.5. The second-order valence-corrected chi connectivity index (χ2v) is 16.0. The number of urea groups is 2. The number of ether oxygens (including phenoxy) is 2. The molecule has 2 heterocycles. The zero-order chi connectivity index (χ0) is 49.8. The number of nitrogen functional groups attached to an aromatic ring is 2. The number of nitrogens with two attached hydrogens (primary N) is 2. The Hall–Kier alpha value is -8.42. The highest BCUT2D eigenvalue weighted by Gasteiger charge is 2.51. The Labute approximate surface area is 392 Å². The Balaban J connectivity index is 0.000000254. The fraction of sp³-hybridized carbons (Fsp3) is 0.292. The molecule has 2 aliphatic heterocycles. The van der Waals surface area contributed by atoms with Gasteiger partial charge in [-0.15, -0.1) is 0 Å². The predicted molar refractivity (Wildman–Crippen MR) is 247 cm³/mol. The Morgan fingerprint density at radius 1 is 0.574 bits per heavy atom. The maximum Gasteiger partial charge on any atom is 0.325 e. The number of hydrogen-bond donors (Lipinski definition) is 8. The molecular formula is C48H54N10O10. The van der Waals surface area contributed by atoms with Crippen molar-refractivity contribution >= 4 is 59.3 Å². The minimum atomic E-state index is -1.38. The fourth-order valence-corrected chi connectivity index (χ4v) is 7.45. The van der Waals surface area contributed by atoms with Crippen LogP contribution in [0.25, 0.3) is 0 Å². The minimum Gasteiger partial charge on any atom is -0.466 e. The highest BCUT2D eigenvalue weighted by molar-refractivity contribution is 6.10. The zero-order valence-corrected chi connectivity index (χ0v) is 37.9. The largest absolute Gasteiger partial charge is 0.466 e. The first-order valence-corrected chi connectivity index (χ1v) is 21.5. The molecule has 0 spiro atoms. The summed E-state index contributed by atoms with van der Waals surface area (Å²) in [5.74, 6) is -3.58. The van der Waals surface area contributed by atoms with Crippen LogP contribution in [0.1, 0.15) is 86.0 Å². The van der Waals surface area contributed by atoms with Crippen LogP contribution in [0, 0.1) is 10.8 Å². The number of amidine groups is 2. The summed E-state index contributed by atoms with van der Waals surface area (Å²) in [5.41, 5.74) is 11.5. The average molecular weight is 931 g/mol. The van der Waals surface area contributed by atoms with Gasteiger partial charge in [-0.3, -0.25) is 49.4 Å². The molecule has 2 fully saturated rings. The Kier molecular flexibility index (Phi) is 16.5. The molecule has 0 aliphatic carbocycles. The van der Waals surface area contributed by atoms with Crippen molar-refractivity contribution in [3.8, 4) is 0 Å². The van der Waals surface area contributed by atoms with Crippen molar-refractivity contribution in [1.29, 1.82) is 10.8 Å². The summed E-state index contributed by atoms with van der Waals surface area (Å²) in [6, 6.07) is 27.7. The lowest BCUT2D eigenvalue weighted by Gasteiger charge is -2.23. The van der Waals surface area contributed by atoms with Crippen molar-refractivity contribution < 1.29 is 47.8 Å². The van der Waals surface area contributed by atoms with E-state index in [0.717, 1.165) is 9.80 Å². The molecule has 10 N–H and O–H groups in total. The van der Waals surface area contributed by atoms with Gasteiger partial charge in [0.05, 0.1) is 38.1 Å². The van der Waals surface area contributed by atoms with Gasteiger partial charge < -0.3 is 42.2 Å². The first-order chi connectivity index (χ1) is 32.3. The van der Waals surface area contributed by atoms with Gasteiger partial charge in [0, 0.05) is 11.1 Å². The van der Waals surface area contributed by atoms with Gasteiger partial charge in [-0.05, 0) is 49.9 Å². The van der Waals surface area contributed by atoms with E-state index in [0.29, 0.717) is 33.4 Å². The predicted octanol–water partition coefficient (Wildman–Crippen LogP) is 3.10. The van der Waals surface area contributed by atoms with Crippen LogP contribution in [0.3, 0.4) is 0 Å². The molecule has 0 radical (unpaired) electrons. The van der Waals surface area contributed by atoms with Gasteiger partial charge in [0.1, 0.15) is 35.8 Å². The maximum absolute atomic E-state index is 13.1. The zero-order valence-electron chi connectivity index (χ0n) is 37.9. The average Bonchev–Trinajstić information content (AvgIpc) is 3.67. The summed E-state index contributed by atoms with van der Waals surface area (Å²) in [5, 5.41) is 25.7. The third-order valence-corrected chi connectivity index (χ3v) is 11.1. The number of nitrogens with one attached hydrogen (secondary N) is 6. The number of hydrogen-bond acceptors (Lipinski definition) is 12. The number of rotatable bonds is 18. The van der Waals surface area contributed by atoms with Gasteiger partial charge in [-0.2, -0.15) is 0 Å². The van der Waals surface area contributed by atoms with E-state index in [4.69, 9.17) is 31.8 Å². The van der Waals surface area contributed by atoms with E-state index in [2.05, 4.69) is 21.3 Å². The molecule has 6 rings (SSSR count). The van der Waals surface area contributed by atoms with Crippen LogP contribution in [0.4, 0.5) is 9.59 Å². The molecule has 20 heteroatoms. The number of amides is 8. The Morgan fingerprint density at radius 3 is 1.19 bits per heavy atom. The summed E-state index contributed by atoms with van der Waals surface area (Å²) in [4.78, 5) is 103. The van der Waals surface area contributed by atoms with Crippen molar-refractivity contribution in [1.82, 2.24) is 31.1 Å². The fourth-order valence-electron chi connectivity index (χ4n) is 7.45. The first kappa shape index (κ1) is 50.6. The Morgan fingerprint density at radius 2 is 0.897 bits per heavy atom. The molecule has 4 aromatic rings. The molecule has 0 aromatic heterocycles. The van der Waals surface area contributed by atoms with Crippen LogP contribution >= 0.6 is 0 Å². The molecule has 0 saturated carbocycles. The second-order valence-electron chi connectivity index (χ2n) is 16.0. The molecule has 0 bridgehead atoms. The van der Waals surface area contributed by atoms with E-state index in [1.54, 1.807) is 125 Å². The van der Waals surface area contributed by atoms with E-state index in [1.807, 2.05) is 12.1 Å². The van der Waals surface area contributed by atoms with Crippen molar-refractivity contribution in [2.24, 2.45) is 11.5 Å². The third kappa shape index (κ3) is 12.1. The number of nitrogens with zero attached hydrogens (tertiary/aromatic N) is 2. The number of carbonyl (C=O) groups is 8. The molecule has 20 nitrogen and oxygen atoms in total. The summed E-state index contributed by atoms with van der Waals surface area (Å²) in [7, 11) is 0. The van der Waals surface area contributed by atoms with Gasteiger partial charge in [0.15, 0.2) is 0 Å². The van der Waals surface area contributed by atoms with Crippen LogP contribution in [0.2, 0.25) is 0 Å². The van der Waals surface area contributed by atoms with E-state index in [-0.39, 0.29) is 37.7 Å². The minimum absolute atomic E-state index is 0.0933. The number of benzene rings is 4. The van der Waals surface area contributed by atoms with Crippen molar-refractivity contribution in [3.63, 3.8) is 0 Å². The van der Waals surface area contributed by atoms with Gasteiger partial charge >= 0.3 is 24.0 Å². The quantitative estimate of drug-likeness (QED) is 0.0309. The molecular weight excluding hydrogens is 877 g/mol. The van der Waals surface area contributed by atoms with E-state index < -0.39 is 83.9 Å². The van der Waals surface area contributed by atoms with Crippen molar-refractivity contribution in [2.75, 3.05) is 26.3 Å². The van der Waals surface area contributed by atoms with Gasteiger partial charge in [-0.25, -0.2) is 9.59 Å². The lowest BCUT2D eigenvalue weighted by atomic mass is 9.91. The molecule has 356 valence electrons. The smallest absolute Gasteiger partial charge is 0.325 e. The van der Waals surface area contributed by atoms with Crippen LogP contribution < -0.4 is 32.7 Å². The topological polar surface area (TPSA) is 309 Å². The molecule has 4 aromatic carbocycles. The van der Waals surface area contributed by atoms with Crippen LogP contribution in [0.15, 0.2) is 109 Å². The SMILES string of the molecule is CCOC(=O)CC(NC(=O)CN1C(=O)NC(C)(c2ccc(C(=N)N)cc2)C1=O)c1ccccc1.CCOC(=O)CC(NC(=O)CN1C(=O)NC(C)(c2ccc(C(=N)N)cc2)C1=O)c1ccccc1. The third-order valence-electron chi connectivity index (χ3n) is 11.1. The van der Waals surface area contributed by atoms with Gasteiger partial charge in [0.25, 0.3) is 11.8 Å². The molecule has 2 saturated heterocycles. The lowest BCUT2D eigenvalue weighted by Crippen LogP contribution is -2.44. The highest BCUT2D eigenvalue weighted by Crippen LogP contribution is 2.31. The van der Waals surface area contributed by atoms with Crippen molar-refractivity contribution in [2.45, 2.75) is 63.7 Å². The number of imide groups is 2. The summed E-state index contributed by atoms with van der Waals surface area (Å²) < 4.78 is 10.0. The molecule has 4 unspecified atom stereocenters. The Bertz CT molecular complexity index is 2380. The van der Waals surface area contributed by atoms with Gasteiger partial charge in [0.2, 0.25) is 11.8 Å². The molecule has 68 heavy (non-hydrogen) atoms. The van der Waals surface area contributed by atoms with E-state index in [1.165, 1.54) is 0 Å². The van der Waals surface area contributed by atoms with E-state index >= 15 is 0 Å². The van der Waals surface area contributed by atoms with Gasteiger partial charge in [-0.1, -0.05) is 109 Å². The van der Waals surface area contributed by atoms with E-state index in [9.17, 15) is 38.4 Å². The highest BCUT2D eigenvalue weighted by atomic mass is 16.5. The molecule has 8 amide bonds. The maximum atomic E-state index is 13.1. The summed E-state index contributed by atoms with van der Waals surface area (Å²) in [6.07, 6.45) is -0.187. The van der Waals surface area contributed by atoms with Crippen LogP contribution in [-0.2, 0) is 49.3 Å². The molecule has 4 atom stereocenters. The number of esters is 2. The normalized spacial score (nSPS) is 18.2. The van der Waals surface area contributed by atoms with Crippen molar-refractivity contribution in [3.05, 3.63) is 143 Å². The number of carbonyl (C=O) groups excluding carboxylic acids is 8. The lowest BCUT2D eigenvalue weighted by molar-refractivity contribution is -0.145.